The molecule has 7 heteroatoms. The second-order valence-electron chi connectivity index (χ2n) is 4.71. The number of ketones is 1. The third kappa shape index (κ3) is 2.31. The van der Waals surface area contributed by atoms with Gasteiger partial charge in [0.1, 0.15) is 0 Å². The maximum absolute atomic E-state index is 12.1. The molecule has 0 saturated carbocycles. The number of amides is 1. The van der Waals surface area contributed by atoms with E-state index in [-0.39, 0.29) is 17.1 Å². The molecule has 1 aliphatic rings. The Balaban J connectivity index is 1.91. The summed E-state index contributed by atoms with van der Waals surface area (Å²) in [5.41, 5.74) is 0.723. The van der Waals surface area contributed by atoms with Crippen LogP contribution in [0.3, 0.4) is 0 Å². The lowest BCUT2D eigenvalue weighted by atomic mass is 10.1. The van der Waals surface area contributed by atoms with Crippen molar-refractivity contribution in [3.05, 3.63) is 40.5 Å². The summed E-state index contributed by atoms with van der Waals surface area (Å²) in [5.74, 6) is -0.336. The van der Waals surface area contributed by atoms with E-state index in [1.54, 1.807) is 18.2 Å². The standard InChI is InChI=1S/C14H12ClN3O3/c1-2-4-11-16-10(17-21-11)7-18-9-6-3-5-8(15)12(9)13(19)14(18)20/h3,5-6H,2,4,7H2,1H3. The van der Waals surface area contributed by atoms with Gasteiger partial charge < -0.3 is 4.52 Å². The fourth-order valence-corrected chi connectivity index (χ4v) is 2.52. The number of anilines is 1. The molecule has 21 heavy (non-hydrogen) atoms. The number of hydrogen-bond acceptors (Lipinski definition) is 5. The number of carbonyl (C=O) groups excluding carboxylic acids is 2. The molecular weight excluding hydrogens is 294 g/mol. The lowest BCUT2D eigenvalue weighted by Crippen LogP contribution is -2.29. The van der Waals surface area contributed by atoms with E-state index in [9.17, 15) is 9.59 Å². The molecule has 1 amide bonds. The summed E-state index contributed by atoms with van der Waals surface area (Å²) < 4.78 is 5.08. The van der Waals surface area contributed by atoms with Gasteiger partial charge in [-0.25, -0.2) is 0 Å². The topological polar surface area (TPSA) is 76.3 Å². The second kappa shape index (κ2) is 5.29. The maximum atomic E-state index is 12.1. The lowest BCUT2D eigenvalue weighted by molar-refractivity contribution is -0.114. The zero-order valence-electron chi connectivity index (χ0n) is 11.3. The van der Waals surface area contributed by atoms with Crippen LogP contribution in [0.2, 0.25) is 5.02 Å². The molecule has 0 aliphatic carbocycles. The highest BCUT2D eigenvalue weighted by molar-refractivity contribution is 6.55. The number of aryl methyl sites for hydroxylation is 1. The Morgan fingerprint density at radius 2 is 2.14 bits per heavy atom. The minimum atomic E-state index is -0.625. The smallest absolute Gasteiger partial charge is 0.299 e. The average molecular weight is 306 g/mol. The molecule has 0 saturated heterocycles. The van der Waals surface area contributed by atoms with Gasteiger partial charge in [0.15, 0.2) is 5.82 Å². The molecule has 0 N–H and O–H groups in total. The van der Waals surface area contributed by atoms with Gasteiger partial charge in [-0.3, -0.25) is 14.5 Å². The van der Waals surface area contributed by atoms with Crippen molar-refractivity contribution >= 4 is 29.0 Å². The van der Waals surface area contributed by atoms with Crippen LogP contribution in [0.5, 0.6) is 0 Å². The van der Waals surface area contributed by atoms with Crippen molar-refractivity contribution in [3.8, 4) is 0 Å². The van der Waals surface area contributed by atoms with Gasteiger partial charge in [0.2, 0.25) is 5.89 Å². The number of hydrogen-bond donors (Lipinski definition) is 0. The van der Waals surface area contributed by atoms with Crippen LogP contribution >= 0.6 is 11.6 Å². The van der Waals surface area contributed by atoms with Crippen molar-refractivity contribution in [2.24, 2.45) is 0 Å². The summed E-state index contributed by atoms with van der Waals surface area (Å²) in [4.78, 5) is 29.6. The van der Waals surface area contributed by atoms with E-state index in [1.807, 2.05) is 6.92 Å². The first-order valence-corrected chi connectivity index (χ1v) is 6.95. The van der Waals surface area contributed by atoms with Gasteiger partial charge in [-0.2, -0.15) is 4.98 Å². The molecule has 108 valence electrons. The van der Waals surface area contributed by atoms with Gasteiger partial charge in [-0.05, 0) is 18.6 Å². The van der Waals surface area contributed by atoms with Crippen LogP contribution in [0.25, 0.3) is 0 Å². The monoisotopic (exact) mass is 305 g/mol. The van der Waals surface area contributed by atoms with Crippen LogP contribution in [0, 0.1) is 0 Å². The van der Waals surface area contributed by atoms with Crippen LogP contribution in [0.4, 0.5) is 5.69 Å². The summed E-state index contributed by atoms with van der Waals surface area (Å²) in [6, 6.07) is 4.96. The Bertz CT molecular complexity index is 726. The number of Topliss-reactive ketones (excluding diaryl/α,β-unsaturated/α-hetero) is 1. The number of fused-ring (bicyclic) bond motifs is 1. The first-order valence-electron chi connectivity index (χ1n) is 6.58. The molecule has 0 spiro atoms. The molecule has 1 aromatic carbocycles. The van der Waals surface area contributed by atoms with Gasteiger partial charge in [0, 0.05) is 6.42 Å². The third-order valence-corrected chi connectivity index (χ3v) is 3.54. The minimum Gasteiger partial charge on any atom is -0.339 e. The van der Waals surface area contributed by atoms with Crippen LogP contribution < -0.4 is 4.90 Å². The normalized spacial score (nSPS) is 13.9. The van der Waals surface area contributed by atoms with Crippen molar-refractivity contribution < 1.29 is 14.1 Å². The maximum Gasteiger partial charge on any atom is 0.299 e. The van der Waals surface area contributed by atoms with Gasteiger partial charge in [0.05, 0.1) is 22.8 Å². The Hall–Kier alpha value is -2.21. The summed E-state index contributed by atoms with van der Waals surface area (Å²) in [7, 11) is 0. The second-order valence-corrected chi connectivity index (χ2v) is 5.12. The number of rotatable bonds is 4. The highest BCUT2D eigenvalue weighted by Gasteiger charge is 2.38. The first kappa shape index (κ1) is 13.8. The van der Waals surface area contributed by atoms with E-state index >= 15 is 0 Å². The quantitative estimate of drug-likeness (QED) is 0.811. The van der Waals surface area contributed by atoms with Crippen molar-refractivity contribution in [1.82, 2.24) is 10.1 Å². The molecule has 0 bridgehead atoms. The van der Waals surface area contributed by atoms with Crippen LogP contribution in [0.15, 0.2) is 22.7 Å². The Morgan fingerprint density at radius 1 is 1.33 bits per heavy atom. The molecule has 2 aromatic rings. The summed E-state index contributed by atoms with van der Waals surface area (Å²) >= 11 is 5.99. The zero-order valence-corrected chi connectivity index (χ0v) is 12.1. The van der Waals surface area contributed by atoms with Crippen LogP contribution in [0.1, 0.15) is 35.4 Å². The number of halogens is 1. The van der Waals surface area contributed by atoms with Crippen molar-refractivity contribution in [2.45, 2.75) is 26.3 Å². The molecule has 0 unspecified atom stereocenters. The number of carbonyl (C=O) groups is 2. The molecule has 1 aromatic heterocycles. The highest BCUT2D eigenvalue weighted by Crippen LogP contribution is 2.34. The summed E-state index contributed by atoms with van der Waals surface area (Å²) in [5, 5.41) is 4.10. The molecule has 3 rings (SSSR count). The molecule has 2 heterocycles. The van der Waals surface area contributed by atoms with Gasteiger partial charge >= 0.3 is 0 Å². The molecule has 0 fully saturated rings. The zero-order chi connectivity index (χ0) is 15.0. The predicted molar refractivity (Wildman–Crippen MR) is 75.3 cm³/mol. The van der Waals surface area contributed by atoms with E-state index in [4.69, 9.17) is 16.1 Å². The van der Waals surface area contributed by atoms with E-state index in [2.05, 4.69) is 10.1 Å². The Kier molecular flexibility index (Phi) is 3.47. The minimum absolute atomic E-state index is 0.0884. The number of aromatic nitrogens is 2. The van der Waals surface area contributed by atoms with Gasteiger partial charge in [-0.15, -0.1) is 0 Å². The van der Waals surface area contributed by atoms with Crippen molar-refractivity contribution in [2.75, 3.05) is 4.90 Å². The van der Waals surface area contributed by atoms with E-state index in [1.165, 1.54) is 4.90 Å². The average Bonchev–Trinajstić information content (AvgIpc) is 2.99. The fraction of sp³-hybridized carbons (Fsp3) is 0.286. The third-order valence-electron chi connectivity index (χ3n) is 3.22. The van der Waals surface area contributed by atoms with Gasteiger partial charge in [-0.1, -0.05) is 29.7 Å². The SMILES string of the molecule is CCCc1nc(CN2C(=O)C(=O)c3c(Cl)cccc32)no1. The molecule has 0 atom stereocenters. The van der Waals surface area contributed by atoms with Crippen LogP contribution in [-0.4, -0.2) is 21.8 Å². The lowest BCUT2D eigenvalue weighted by Gasteiger charge is -2.13. The first-order chi connectivity index (χ1) is 10.1. The van der Waals surface area contributed by atoms with Crippen molar-refractivity contribution in [3.63, 3.8) is 0 Å². The van der Waals surface area contributed by atoms with Crippen molar-refractivity contribution in [1.29, 1.82) is 0 Å². The predicted octanol–water partition coefficient (Wildman–Crippen LogP) is 2.41. The highest BCUT2D eigenvalue weighted by atomic mass is 35.5. The van der Waals surface area contributed by atoms with Crippen LogP contribution in [-0.2, 0) is 17.8 Å². The number of benzene rings is 1. The van der Waals surface area contributed by atoms with E-state index in [0.29, 0.717) is 23.8 Å². The van der Waals surface area contributed by atoms with Gasteiger partial charge in [0.25, 0.3) is 11.7 Å². The summed E-state index contributed by atoms with van der Waals surface area (Å²) in [6.45, 7) is 2.09. The summed E-state index contributed by atoms with van der Waals surface area (Å²) in [6.07, 6.45) is 1.57. The molecule has 6 nitrogen and oxygen atoms in total. The number of nitrogens with zero attached hydrogens (tertiary/aromatic N) is 3. The van der Waals surface area contributed by atoms with E-state index < -0.39 is 11.7 Å². The Morgan fingerprint density at radius 3 is 2.90 bits per heavy atom. The largest absolute Gasteiger partial charge is 0.339 e. The fourth-order valence-electron chi connectivity index (χ4n) is 2.27. The molecular formula is C14H12ClN3O3. The molecule has 1 aliphatic heterocycles. The van der Waals surface area contributed by atoms with E-state index in [0.717, 1.165) is 6.42 Å². The molecule has 0 radical (unpaired) electrons. The Labute approximate surface area is 125 Å².